The van der Waals surface area contributed by atoms with Crippen LogP contribution in [0.15, 0.2) is 16.9 Å². The van der Waals surface area contributed by atoms with Gasteiger partial charge in [0.05, 0.1) is 28.5 Å². The molecule has 7 heteroatoms. The molecule has 108 valence electrons. The molecule has 0 aromatic carbocycles. The molecule has 2 aromatic heterocycles. The van der Waals surface area contributed by atoms with E-state index in [9.17, 15) is 0 Å². The maximum atomic E-state index is 5.19. The average Bonchev–Trinajstić information content (AvgIpc) is 2.92. The second kappa shape index (κ2) is 6.81. The summed E-state index contributed by atoms with van der Waals surface area (Å²) in [6.45, 7) is 6.10. The summed E-state index contributed by atoms with van der Waals surface area (Å²) in [7, 11) is 1.65. The Balaban J connectivity index is 2.46. The quantitative estimate of drug-likeness (QED) is 0.876. The first-order valence-corrected chi connectivity index (χ1v) is 7.30. The van der Waals surface area contributed by atoms with E-state index in [1.54, 1.807) is 13.3 Å². The number of hydrogen-bond donors (Lipinski definition) is 1. The van der Waals surface area contributed by atoms with E-state index in [2.05, 4.69) is 36.3 Å². The number of nitrogens with one attached hydrogen (secondary N) is 1. The number of nitrogens with zero attached hydrogens (tertiary/aromatic N) is 4. The maximum absolute atomic E-state index is 5.19. The van der Waals surface area contributed by atoms with Crippen molar-refractivity contribution in [1.29, 1.82) is 0 Å². The monoisotopic (exact) mass is 339 g/mol. The van der Waals surface area contributed by atoms with Crippen LogP contribution in [-0.4, -0.2) is 33.4 Å². The van der Waals surface area contributed by atoms with E-state index in [0.717, 1.165) is 34.6 Å². The zero-order valence-corrected chi connectivity index (χ0v) is 13.4. The second-order valence-electron chi connectivity index (χ2n) is 4.20. The molecule has 0 radical (unpaired) electrons. The van der Waals surface area contributed by atoms with Crippen molar-refractivity contribution in [2.45, 2.75) is 27.0 Å². The van der Waals surface area contributed by atoms with Crippen LogP contribution in [0.4, 0.5) is 5.82 Å². The summed E-state index contributed by atoms with van der Waals surface area (Å²) in [5.74, 6) is 1.42. The van der Waals surface area contributed by atoms with Gasteiger partial charge < -0.3 is 10.1 Å². The molecule has 0 fully saturated rings. The Morgan fingerprint density at radius 3 is 2.75 bits per heavy atom. The van der Waals surface area contributed by atoms with Crippen LogP contribution >= 0.6 is 15.9 Å². The zero-order chi connectivity index (χ0) is 14.5. The van der Waals surface area contributed by atoms with Crippen molar-refractivity contribution in [2.24, 2.45) is 0 Å². The predicted octanol–water partition coefficient (Wildman–Crippen LogP) is 2.70. The number of hydrogen-bond acceptors (Lipinski definition) is 5. The molecule has 20 heavy (non-hydrogen) atoms. The Kier molecular flexibility index (Phi) is 5.08. The Morgan fingerprint density at radius 2 is 2.15 bits per heavy atom. The number of aromatic nitrogens is 4. The third kappa shape index (κ3) is 3.16. The molecule has 0 aliphatic heterocycles. The van der Waals surface area contributed by atoms with Gasteiger partial charge in [-0.1, -0.05) is 0 Å². The molecule has 2 rings (SSSR count). The van der Waals surface area contributed by atoms with Crippen LogP contribution in [0.1, 0.15) is 19.5 Å². The first-order chi connectivity index (χ1) is 9.69. The van der Waals surface area contributed by atoms with E-state index in [-0.39, 0.29) is 0 Å². The Labute approximate surface area is 126 Å². The highest BCUT2D eigenvalue weighted by atomic mass is 79.9. The van der Waals surface area contributed by atoms with Gasteiger partial charge in [-0.25, -0.2) is 9.97 Å². The summed E-state index contributed by atoms with van der Waals surface area (Å²) in [5, 5.41) is 7.48. The normalized spacial score (nSPS) is 10.8. The molecule has 2 heterocycles. The molecule has 0 aliphatic carbocycles. The fourth-order valence-corrected chi connectivity index (χ4v) is 2.22. The van der Waals surface area contributed by atoms with Crippen LogP contribution < -0.4 is 5.32 Å². The fraction of sp³-hybridized carbons (Fsp3) is 0.462. The third-order valence-corrected chi connectivity index (χ3v) is 3.59. The second-order valence-corrected chi connectivity index (χ2v) is 5.00. The highest BCUT2D eigenvalue weighted by molar-refractivity contribution is 9.10. The van der Waals surface area contributed by atoms with Crippen molar-refractivity contribution in [2.75, 3.05) is 19.0 Å². The molecule has 0 bridgehead atoms. The Bertz CT molecular complexity index is 557. The van der Waals surface area contributed by atoms with Gasteiger partial charge in [-0.3, -0.25) is 4.68 Å². The lowest BCUT2D eigenvalue weighted by molar-refractivity contribution is 0.181. The average molecular weight is 340 g/mol. The summed E-state index contributed by atoms with van der Waals surface area (Å²) < 4.78 is 7.88. The van der Waals surface area contributed by atoms with E-state index in [1.165, 1.54) is 0 Å². The van der Waals surface area contributed by atoms with Crippen LogP contribution in [0, 0.1) is 0 Å². The third-order valence-electron chi connectivity index (χ3n) is 2.76. The minimum atomic E-state index is 0.427. The van der Waals surface area contributed by atoms with Gasteiger partial charge in [-0.15, -0.1) is 0 Å². The number of rotatable bonds is 6. The smallest absolute Gasteiger partial charge is 0.165 e. The van der Waals surface area contributed by atoms with E-state index in [0.29, 0.717) is 12.4 Å². The molecule has 0 saturated heterocycles. The number of ether oxygens (including phenoxy) is 1. The molecule has 0 aliphatic rings. The standard InChI is InChI=1S/C13H18BrN5O/c1-4-15-13-11(14)10(8-20-3)17-12(18-13)9-6-16-19(5-2)7-9/h6-7H,4-5,8H2,1-3H3,(H,15,17,18). The van der Waals surface area contributed by atoms with Gasteiger partial charge in [-0.05, 0) is 29.8 Å². The largest absolute Gasteiger partial charge is 0.378 e. The van der Waals surface area contributed by atoms with Crippen LogP contribution in [0.3, 0.4) is 0 Å². The lowest BCUT2D eigenvalue weighted by atomic mass is 10.3. The van der Waals surface area contributed by atoms with Crippen molar-refractivity contribution in [3.05, 3.63) is 22.6 Å². The number of anilines is 1. The molecule has 6 nitrogen and oxygen atoms in total. The summed E-state index contributed by atoms with van der Waals surface area (Å²) in [6, 6.07) is 0. The summed E-state index contributed by atoms with van der Waals surface area (Å²) in [5.41, 5.74) is 1.72. The van der Waals surface area contributed by atoms with Crippen LogP contribution in [0.25, 0.3) is 11.4 Å². The Hall–Kier alpha value is -1.47. The van der Waals surface area contributed by atoms with Crippen molar-refractivity contribution >= 4 is 21.7 Å². The number of halogens is 1. The van der Waals surface area contributed by atoms with Crippen molar-refractivity contribution < 1.29 is 4.74 Å². The van der Waals surface area contributed by atoms with E-state index >= 15 is 0 Å². The van der Waals surface area contributed by atoms with E-state index in [1.807, 2.05) is 24.7 Å². The topological polar surface area (TPSA) is 64.9 Å². The predicted molar refractivity (Wildman–Crippen MR) is 81.5 cm³/mol. The minimum absolute atomic E-state index is 0.427. The van der Waals surface area contributed by atoms with Crippen LogP contribution in [0.5, 0.6) is 0 Å². The molecular formula is C13H18BrN5O. The highest BCUT2D eigenvalue weighted by Gasteiger charge is 2.14. The molecule has 0 saturated carbocycles. The molecule has 0 amide bonds. The SMILES string of the molecule is CCNc1nc(-c2cnn(CC)c2)nc(COC)c1Br. The van der Waals surface area contributed by atoms with Gasteiger partial charge in [0, 0.05) is 26.4 Å². The van der Waals surface area contributed by atoms with E-state index in [4.69, 9.17) is 4.74 Å². The van der Waals surface area contributed by atoms with E-state index < -0.39 is 0 Å². The first kappa shape index (κ1) is 14.9. The lowest BCUT2D eigenvalue weighted by Gasteiger charge is -2.11. The first-order valence-electron chi connectivity index (χ1n) is 6.51. The fourth-order valence-electron chi connectivity index (χ4n) is 1.79. The molecule has 0 spiro atoms. The molecule has 0 atom stereocenters. The molecule has 0 unspecified atom stereocenters. The van der Waals surface area contributed by atoms with Crippen molar-refractivity contribution in [3.8, 4) is 11.4 Å². The van der Waals surface area contributed by atoms with Crippen molar-refractivity contribution in [1.82, 2.24) is 19.7 Å². The van der Waals surface area contributed by atoms with Crippen LogP contribution in [0.2, 0.25) is 0 Å². The lowest BCUT2D eigenvalue weighted by Crippen LogP contribution is -2.06. The Morgan fingerprint density at radius 1 is 1.35 bits per heavy atom. The molecular weight excluding hydrogens is 322 g/mol. The van der Waals surface area contributed by atoms with Crippen LogP contribution in [-0.2, 0) is 17.9 Å². The molecule has 2 aromatic rings. The van der Waals surface area contributed by atoms with Crippen molar-refractivity contribution in [3.63, 3.8) is 0 Å². The van der Waals surface area contributed by atoms with Gasteiger partial charge in [0.25, 0.3) is 0 Å². The number of methoxy groups -OCH3 is 1. The summed E-state index contributed by atoms with van der Waals surface area (Å²) in [6.07, 6.45) is 3.72. The summed E-state index contributed by atoms with van der Waals surface area (Å²) >= 11 is 3.52. The minimum Gasteiger partial charge on any atom is -0.378 e. The zero-order valence-electron chi connectivity index (χ0n) is 11.9. The van der Waals surface area contributed by atoms with Gasteiger partial charge in [0.15, 0.2) is 5.82 Å². The van der Waals surface area contributed by atoms with Gasteiger partial charge in [0.1, 0.15) is 5.82 Å². The highest BCUT2D eigenvalue weighted by Crippen LogP contribution is 2.27. The molecule has 1 N–H and O–H groups in total. The maximum Gasteiger partial charge on any atom is 0.165 e. The summed E-state index contributed by atoms with van der Waals surface area (Å²) in [4.78, 5) is 9.09. The van der Waals surface area contributed by atoms with Gasteiger partial charge >= 0.3 is 0 Å². The van der Waals surface area contributed by atoms with Gasteiger partial charge in [-0.2, -0.15) is 5.10 Å². The number of aryl methyl sites for hydroxylation is 1. The van der Waals surface area contributed by atoms with Gasteiger partial charge in [0.2, 0.25) is 0 Å².